The van der Waals surface area contributed by atoms with Crippen LogP contribution in [-0.2, 0) is 0 Å². The summed E-state index contributed by atoms with van der Waals surface area (Å²) in [6, 6.07) is 0. The lowest BCUT2D eigenvalue weighted by molar-refractivity contribution is -0.0948. The van der Waals surface area contributed by atoms with Crippen molar-refractivity contribution in [3.8, 4) is 0 Å². The van der Waals surface area contributed by atoms with Crippen molar-refractivity contribution in [2.75, 3.05) is 19.6 Å². The Labute approximate surface area is 99.0 Å². The fourth-order valence-corrected chi connectivity index (χ4v) is 4.30. The van der Waals surface area contributed by atoms with E-state index in [1.165, 1.54) is 58.0 Å². The van der Waals surface area contributed by atoms with Crippen LogP contribution in [0.15, 0.2) is 0 Å². The fraction of sp³-hybridized carbons (Fsp3) is 1.00. The van der Waals surface area contributed by atoms with E-state index >= 15 is 0 Å². The van der Waals surface area contributed by atoms with Crippen LogP contribution in [-0.4, -0.2) is 35.2 Å². The molecule has 2 bridgehead atoms. The van der Waals surface area contributed by atoms with Gasteiger partial charge in [0.15, 0.2) is 0 Å². The van der Waals surface area contributed by atoms with E-state index < -0.39 is 0 Å². The van der Waals surface area contributed by atoms with Crippen molar-refractivity contribution in [3.05, 3.63) is 0 Å². The lowest BCUT2D eigenvalue weighted by Gasteiger charge is -2.44. The highest BCUT2D eigenvalue weighted by atomic mass is 16.3. The van der Waals surface area contributed by atoms with E-state index in [2.05, 4.69) is 4.90 Å². The maximum absolute atomic E-state index is 11.1. The fourth-order valence-electron chi connectivity index (χ4n) is 4.30. The van der Waals surface area contributed by atoms with Gasteiger partial charge in [-0.1, -0.05) is 25.7 Å². The van der Waals surface area contributed by atoms with Gasteiger partial charge in [-0.05, 0) is 38.1 Å². The summed E-state index contributed by atoms with van der Waals surface area (Å²) in [6.07, 6.45) is 10.3. The van der Waals surface area contributed by atoms with Gasteiger partial charge >= 0.3 is 0 Å². The molecule has 1 saturated carbocycles. The topological polar surface area (TPSA) is 23.5 Å². The molecule has 2 saturated heterocycles. The molecule has 0 aromatic carbocycles. The predicted molar refractivity (Wildman–Crippen MR) is 65.3 cm³/mol. The van der Waals surface area contributed by atoms with Crippen molar-refractivity contribution in [2.24, 2.45) is 11.8 Å². The summed E-state index contributed by atoms with van der Waals surface area (Å²) in [5, 5.41) is 11.1. The monoisotopic (exact) mass is 223 g/mol. The van der Waals surface area contributed by atoms with Crippen molar-refractivity contribution in [1.82, 2.24) is 4.90 Å². The van der Waals surface area contributed by atoms with E-state index in [1.807, 2.05) is 0 Å². The molecule has 2 aliphatic heterocycles. The zero-order valence-electron chi connectivity index (χ0n) is 10.3. The van der Waals surface area contributed by atoms with Crippen molar-refractivity contribution in [2.45, 2.75) is 57.0 Å². The van der Waals surface area contributed by atoms with Crippen LogP contribution < -0.4 is 0 Å². The van der Waals surface area contributed by atoms with Crippen LogP contribution in [0.2, 0.25) is 0 Å². The van der Waals surface area contributed by atoms with Crippen LogP contribution in [0, 0.1) is 11.8 Å². The Hall–Kier alpha value is -0.0800. The summed E-state index contributed by atoms with van der Waals surface area (Å²) < 4.78 is 0. The average molecular weight is 223 g/mol. The lowest BCUT2D eigenvalue weighted by atomic mass is 9.70. The zero-order valence-corrected chi connectivity index (χ0v) is 10.3. The van der Waals surface area contributed by atoms with Crippen LogP contribution in [0.3, 0.4) is 0 Å². The average Bonchev–Trinajstić information content (AvgIpc) is 2.51. The number of hydrogen-bond donors (Lipinski definition) is 1. The van der Waals surface area contributed by atoms with Gasteiger partial charge < -0.3 is 10.0 Å². The summed E-state index contributed by atoms with van der Waals surface area (Å²) >= 11 is 0. The highest BCUT2D eigenvalue weighted by Crippen LogP contribution is 2.44. The third-order valence-corrected chi connectivity index (χ3v) is 5.37. The minimum atomic E-state index is -0.294. The molecule has 3 rings (SSSR count). The molecule has 92 valence electrons. The van der Waals surface area contributed by atoms with Gasteiger partial charge in [-0.15, -0.1) is 0 Å². The van der Waals surface area contributed by atoms with E-state index in [-0.39, 0.29) is 5.60 Å². The predicted octanol–water partition coefficient (Wildman–Crippen LogP) is 2.41. The highest BCUT2D eigenvalue weighted by molar-refractivity contribution is 5.01. The minimum Gasteiger partial charge on any atom is -0.389 e. The van der Waals surface area contributed by atoms with Gasteiger partial charge in [-0.3, -0.25) is 0 Å². The molecule has 2 heterocycles. The smallest absolute Gasteiger partial charge is 0.0728 e. The summed E-state index contributed by atoms with van der Waals surface area (Å²) in [7, 11) is 0. The normalized spacial score (nSPS) is 45.6. The van der Waals surface area contributed by atoms with E-state index in [1.54, 1.807) is 0 Å². The Morgan fingerprint density at radius 2 is 1.62 bits per heavy atom. The van der Waals surface area contributed by atoms with Crippen molar-refractivity contribution in [1.29, 1.82) is 0 Å². The molecule has 1 N–H and O–H groups in total. The first-order valence-corrected chi connectivity index (χ1v) is 7.24. The van der Waals surface area contributed by atoms with Gasteiger partial charge in [0.25, 0.3) is 0 Å². The zero-order chi connectivity index (χ0) is 11.0. The van der Waals surface area contributed by atoms with Crippen LogP contribution in [0.25, 0.3) is 0 Å². The number of piperidine rings is 1. The summed E-state index contributed by atoms with van der Waals surface area (Å²) in [4.78, 5) is 2.54. The second kappa shape index (κ2) is 4.30. The van der Waals surface area contributed by atoms with Crippen LogP contribution in [0.5, 0.6) is 0 Å². The molecule has 0 spiro atoms. The van der Waals surface area contributed by atoms with E-state index in [4.69, 9.17) is 0 Å². The maximum Gasteiger partial charge on any atom is 0.0728 e. The number of nitrogens with zero attached hydrogens (tertiary/aromatic N) is 1. The van der Waals surface area contributed by atoms with Gasteiger partial charge in [0.2, 0.25) is 0 Å². The third kappa shape index (κ3) is 1.80. The van der Waals surface area contributed by atoms with Gasteiger partial charge in [0.1, 0.15) is 0 Å². The molecule has 0 radical (unpaired) electrons. The van der Waals surface area contributed by atoms with Crippen molar-refractivity contribution in [3.63, 3.8) is 0 Å². The van der Waals surface area contributed by atoms with Gasteiger partial charge in [0.05, 0.1) is 5.60 Å². The van der Waals surface area contributed by atoms with Crippen LogP contribution in [0.4, 0.5) is 0 Å². The molecular weight excluding hydrogens is 198 g/mol. The number of aliphatic hydroxyl groups is 1. The largest absolute Gasteiger partial charge is 0.389 e. The Bertz CT molecular complexity index is 247. The SMILES string of the molecule is OC1(C2CCCCCC2)CCN2CCC1C2. The summed E-state index contributed by atoms with van der Waals surface area (Å²) in [5.74, 6) is 1.20. The molecule has 0 amide bonds. The van der Waals surface area contributed by atoms with Gasteiger partial charge in [0, 0.05) is 19.0 Å². The van der Waals surface area contributed by atoms with E-state index in [0.717, 1.165) is 13.0 Å². The molecule has 16 heavy (non-hydrogen) atoms. The van der Waals surface area contributed by atoms with Crippen molar-refractivity contribution < 1.29 is 5.11 Å². The van der Waals surface area contributed by atoms with Crippen LogP contribution >= 0.6 is 0 Å². The molecule has 3 aliphatic rings. The Morgan fingerprint density at radius 3 is 2.38 bits per heavy atom. The molecule has 2 nitrogen and oxygen atoms in total. The maximum atomic E-state index is 11.1. The summed E-state index contributed by atoms with van der Waals surface area (Å²) in [5.41, 5.74) is -0.294. The third-order valence-electron chi connectivity index (χ3n) is 5.37. The minimum absolute atomic E-state index is 0.294. The molecule has 0 aromatic heterocycles. The van der Waals surface area contributed by atoms with E-state index in [9.17, 15) is 5.11 Å². The second-order valence-electron chi connectivity index (χ2n) is 6.22. The van der Waals surface area contributed by atoms with Gasteiger partial charge in [-0.2, -0.15) is 0 Å². The first kappa shape index (κ1) is 11.0. The number of fused-ring (bicyclic) bond motifs is 2. The molecule has 0 aromatic rings. The number of hydrogen-bond acceptors (Lipinski definition) is 2. The number of rotatable bonds is 1. The van der Waals surface area contributed by atoms with Crippen molar-refractivity contribution >= 4 is 0 Å². The quantitative estimate of drug-likeness (QED) is 0.690. The summed E-state index contributed by atoms with van der Waals surface area (Å²) in [6.45, 7) is 3.55. The Morgan fingerprint density at radius 1 is 0.875 bits per heavy atom. The standard InChI is InChI=1S/C14H25NO/c16-14(12-5-3-1-2-4-6-12)8-10-15-9-7-13(14)11-15/h12-13,16H,1-11H2. The first-order chi connectivity index (χ1) is 7.79. The highest BCUT2D eigenvalue weighted by Gasteiger charge is 2.48. The van der Waals surface area contributed by atoms with Crippen LogP contribution in [0.1, 0.15) is 51.4 Å². The molecule has 1 aliphatic carbocycles. The van der Waals surface area contributed by atoms with E-state index in [0.29, 0.717) is 11.8 Å². The second-order valence-corrected chi connectivity index (χ2v) is 6.22. The lowest BCUT2D eigenvalue weighted by Crippen LogP contribution is -2.51. The Kier molecular flexibility index (Phi) is 2.97. The molecule has 3 fully saturated rings. The van der Waals surface area contributed by atoms with Gasteiger partial charge in [-0.25, -0.2) is 0 Å². The molecule has 2 heteroatoms. The Balaban J connectivity index is 1.74. The molecule has 3 atom stereocenters. The molecule has 3 unspecified atom stereocenters. The first-order valence-electron chi connectivity index (χ1n) is 7.24. The molecular formula is C14H25NO.